The van der Waals surface area contributed by atoms with E-state index in [0.717, 1.165) is 37.0 Å². The zero-order valence-corrected chi connectivity index (χ0v) is 15.2. The summed E-state index contributed by atoms with van der Waals surface area (Å²) in [4.78, 5) is 21.6. The lowest BCUT2D eigenvalue weighted by molar-refractivity contribution is -0.135. The summed E-state index contributed by atoms with van der Waals surface area (Å²) in [6.45, 7) is 4.02. The number of methoxy groups -OCH3 is 1. The number of benzene rings is 1. The van der Waals surface area contributed by atoms with Crippen LogP contribution in [0.25, 0.3) is 11.0 Å². The van der Waals surface area contributed by atoms with Crippen molar-refractivity contribution >= 4 is 16.9 Å². The van der Waals surface area contributed by atoms with Crippen molar-refractivity contribution in [2.75, 3.05) is 40.4 Å². The van der Waals surface area contributed by atoms with Gasteiger partial charge in [-0.3, -0.25) is 4.79 Å². The van der Waals surface area contributed by atoms with E-state index in [4.69, 9.17) is 4.74 Å². The van der Waals surface area contributed by atoms with Gasteiger partial charge in [0.15, 0.2) is 0 Å². The Kier molecular flexibility index (Phi) is 6.04. The van der Waals surface area contributed by atoms with Crippen LogP contribution in [0, 0.1) is 0 Å². The topological polar surface area (TPSA) is 50.6 Å². The normalized spacial score (nSPS) is 16.4. The fourth-order valence-electron chi connectivity index (χ4n) is 3.56. The lowest BCUT2D eigenvalue weighted by Crippen LogP contribution is -2.47. The van der Waals surface area contributed by atoms with Crippen molar-refractivity contribution in [3.05, 3.63) is 30.6 Å². The number of aryl methyl sites for hydroxylation is 1. The molecule has 0 spiro atoms. The van der Waals surface area contributed by atoms with Crippen LogP contribution in [0.2, 0.25) is 0 Å². The zero-order chi connectivity index (χ0) is 17.6. The summed E-state index contributed by atoms with van der Waals surface area (Å²) in [5.74, 6) is 0.212. The number of hydrogen-bond donors (Lipinski definition) is 0. The molecule has 1 amide bonds. The number of ether oxygens (including phenoxy) is 1. The summed E-state index contributed by atoms with van der Waals surface area (Å²) >= 11 is 0. The summed E-state index contributed by atoms with van der Waals surface area (Å²) in [7, 11) is 3.83. The molecule has 2 aromatic rings. The fourth-order valence-corrected chi connectivity index (χ4v) is 3.56. The minimum atomic E-state index is 0.212. The first-order valence-electron chi connectivity index (χ1n) is 9.06. The molecule has 0 aliphatic carbocycles. The van der Waals surface area contributed by atoms with Gasteiger partial charge in [0.05, 0.1) is 24.0 Å². The van der Waals surface area contributed by atoms with E-state index in [0.29, 0.717) is 32.2 Å². The third kappa shape index (κ3) is 4.38. The molecule has 0 radical (unpaired) electrons. The van der Waals surface area contributed by atoms with Crippen LogP contribution in [0.15, 0.2) is 30.6 Å². The molecule has 0 N–H and O–H groups in total. The molecule has 1 fully saturated rings. The number of nitrogens with zero attached hydrogens (tertiary/aromatic N) is 4. The molecule has 6 heteroatoms. The van der Waals surface area contributed by atoms with E-state index in [1.807, 2.05) is 35.5 Å². The number of rotatable bonds is 7. The van der Waals surface area contributed by atoms with Gasteiger partial charge in [-0.05, 0) is 45.1 Å². The highest BCUT2D eigenvalue weighted by atomic mass is 16.5. The number of likely N-dealkylation sites (tertiary alicyclic amines) is 1. The number of carbonyl (C=O) groups excluding carboxylic acids is 1. The number of amides is 1. The number of para-hydroxylation sites is 2. The quantitative estimate of drug-likeness (QED) is 0.771. The van der Waals surface area contributed by atoms with Crippen molar-refractivity contribution in [1.82, 2.24) is 19.4 Å². The average molecular weight is 344 g/mol. The second-order valence-corrected chi connectivity index (χ2v) is 6.79. The van der Waals surface area contributed by atoms with E-state index in [1.54, 1.807) is 7.11 Å². The van der Waals surface area contributed by atoms with E-state index >= 15 is 0 Å². The summed E-state index contributed by atoms with van der Waals surface area (Å²) in [5, 5.41) is 0. The maximum atomic E-state index is 12.9. The van der Waals surface area contributed by atoms with Gasteiger partial charge < -0.3 is 19.1 Å². The lowest BCUT2D eigenvalue weighted by atomic mass is 10.0. The molecule has 1 aromatic heterocycles. The van der Waals surface area contributed by atoms with Crippen LogP contribution >= 0.6 is 0 Å². The molecule has 1 aliphatic heterocycles. The Labute approximate surface area is 149 Å². The molecule has 0 unspecified atom stereocenters. The molecule has 136 valence electrons. The minimum absolute atomic E-state index is 0.212. The van der Waals surface area contributed by atoms with E-state index in [9.17, 15) is 4.79 Å². The van der Waals surface area contributed by atoms with E-state index in [2.05, 4.69) is 21.5 Å². The smallest absolute Gasteiger partial charge is 0.224 e. The van der Waals surface area contributed by atoms with Gasteiger partial charge >= 0.3 is 0 Å². The first-order valence-corrected chi connectivity index (χ1v) is 9.06. The van der Waals surface area contributed by atoms with Gasteiger partial charge in [0.2, 0.25) is 5.91 Å². The monoisotopic (exact) mass is 344 g/mol. The van der Waals surface area contributed by atoms with Crippen molar-refractivity contribution < 1.29 is 9.53 Å². The summed E-state index contributed by atoms with van der Waals surface area (Å²) in [5.41, 5.74) is 2.06. The van der Waals surface area contributed by atoms with Crippen LogP contribution in [0.3, 0.4) is 0 Å². The van der Waals surface area contributed by atoms with Crippen LogP contribution < -0.4 is 0 Å². The molecular formula is C19H28N4O2. The van der Waals surface area contributed by atoms with E-state index in [1.165, 1.54) is 0 Å². The Balaban J connectivity index is 1.63. The Morgan fingerprint density at radius 2 is 2.08 bits per heavy atom. The summed E-state index contributed by atoms with van der Waals surface area (Å²) < 4.78 is 7.29. The maximum Gasteiger partial charge on any atom is 0.224 e. The highest BCUT2D eigenvalue weighted by Gasteiger charge is 2.26. The largest absolute Gasteiger partial charge is 0.383 e. The molecule has 0 bridgehead atoms. The third-order valence-electron chi connectivity index (χ3n) is 5.08. The van der Waals surface area contributed by atoms with Gasteiger partial charge in [-0.25, -0.2) is 4.98 Å². The molecule has 3 rings (SSSR count). The van der Waals surface area contributed by atoms with Crippen molar-refractivity contribution in [2.24, 2.45) is 0 Å². The fraction of sp³-hybridized carbons (Fsp3) is 0.579. The molecule has 0 atom stereocenters. The summed E-state index contributed by atoms with van der Waals surface area (Å²) in [6.07, 6.45) is 4.41. The number of aromatic nitrogens is 2. The second-order valence-electron chi connectivity index (χ2n) is 6.79. The van der Waals surface area contributed by atoms with Gasteiger partial charge in [-0.15, -0.1) is 0 Å². The summed E-state index contributed by atoms with van der Waals surface area (Å²) in [6, 6.07) is 8.37. The Morgan fingerprint density at radius 1 is 1.32 bits per heavy atom. The standard InChI is InChI=1S/C19H28N4O2/c1-21-10-7-16(8-11-21)23(13-14-25-2)19(24)9-12-22-15-20-17-5-3-4-6-18(17)22/h3-6,15-16H,7-14H2,1-2H3. The SMILES string of the molecule is COCCN(C(=O)CCn1cnc2ccccc21)C1CCN(C)CC1. The van der Waals surface area contributed by atoms with Crippen LogP contribution in [0.4, 0.5) is 0 Å². The molecular weight excluding hydrogens is 316 g/mol. The van der Waals surface area contributed by atoms with Crippen LogP contribution in [-0.2, 0) is 16.1 Å². The van der Waals surface area contributed by atoms with Crippen LogP contribution in [-0.4, -0.2) is 71.7 Å². The lowest BCUT2D eigenvalue weighted by Gasteiger charge is -2.37. The Hall–Kier alpha value is -1.92. The van der Waals surface area contributed by atoms with Gasteiger partial charge in [0, 0.05) is 32.7 Å². The number of imidazole rings is 1. The van der Waals surface area contributed by atoms with Crippen molar-refractivity contribution in [2.45, 2.75) is 31.8 Å². The Bertz CT molecular complexity index is 692. The highest BCUT2D eigenvalue weighted by Crippen LogP contribution is 2.18. The predicted molar refractivity (Wildman–Crippen MR) is 98.5 cm³/mol. The zero-order valence-electron chi connectivity index (χ0n) is 15.2. The molecule has 25 heavy (non-hydrogen) atoms. The molecule has 1 aromatic carbocycles. The Morgan fingerprint density at radius 3 is 2.84 bits per heavy atom. The third-order valence-corrected chi connectivity index (χ3v) is 5.08. The first kappa shape index (κ1) is 17.9. The number of hydrogen-bond acceptors (Lipinski definition) is 4. The average Bonchev–Trinajstić information content (AvgIpc) is 3.05. The van der Waals surface area contributed by atoms with Crippen molar-refractivity contribution in [1.29, 1.82) is 0 Å². The molecule has 1 aliphatic rings. The molecule has 0 saturated carbocycles. The van der Waals surface area contributed by atoms with Gasteiger partial charge in [-0.2, -0.15) is 0 Å². The van der Waals surface area contributed by atoms with Crippen LogP contribution in [0.1, 0.15) is 19.3 Å². The van der Waals surface area contributed by atoms with Crippen molar-refractivity contribution in [3.63, 3.8) is 0 Å². The number of fused-ring (bicyclic) bond motifs is 1. The van der Waals surface area contributed by atoms with E-state index < -0.39 is 0 Å². The van der Waals surface area contributed by atoms with Crippen LogP contribution in [0.5, 0.6) is 0 Å². The van der Waals surface area contributed by atoms with Gasteiger partial charge in [0.1, 0.15) is 0 Å². The van der Waals surface area contributed by atoms with Gasteiger partial charge in [-0.1, -0.05) is 12.1 Å². The molecule has 6 nitrogen and oxygen atoms in total. The first-order chi connectivity index (χ1) is 12.2. The number of carbonyl (C=O) groups is 1. The van der Waals surface area contributed by atoms with Gasteiger partial charge in [0.25, 0.3) is 0 Å². The molecule has 2 heterocycles. The highest BCUT2D eigenvalue weighted by molar-refractivity contribution is 5.78. The maximum absolute atomic E-state index is 12.9. The predicted octanol–water partition coefficient (Wildman–Crippen LogP) is 2.00. The number of piperidine rings is 1. The van der Waals surface area contributed by atoms with E-state index in [-0.39, 0.29) is 5.91 Å². The van der Waals surface area contributed by atoms with Crippen molar-refractivity contribution in [3.8, 4) is 0 Å². The second kappa shape index (κ2) is 8.45. The molecule has 1 saturated heterocycles. The minimum Gasteiger partial charge on any atom is -0.383 e.